The highest BCUT2D eigenvalue weighted by molar-refractivity contribution is 7.93. The van der Waals surface area contributed by atoms with Gasteiger partial charge in [0.15, 0.2) is 0 Å². The van der Waals surface area contributed by atoms with Gasteiger partial charge in [0.1, 0.15) is 9.77 Å². The lowest BCUT2D eigenvalue weighted by Crippen LogP contribution is -2.40. The van der Waals surface area contributed by atoms with E-state index < -0.39 is 16.0 Å². The predicted molar refractivity (Wildman–Crippen MR) is 92.9 cm³/mol. The first-order chi connectivity index (χ1) is 11.4. The number of hydrogen-bond donors (Lipinski definition) is 1. The van der Waals surface area contributed by atoms with Crippen molar-refractivity contribution in [3.05, 3.63) is 46.2 Å². The van der Waals surface area contributed by atoms with E-state index in [-0.39, 0.29) is 22.4 Å². The van der Waals surface area contributed by atoms with E-state index in [2.05, 4.69) is 5.32 Å². The van der Waals surface area contributed by atoms with Gasteiger partial charge in [0.25, 0.3) is 10.0 Å². The van der Waals surface area contributed by atoms with Gasteiger partial charge in [0.2, 0.25) is 0 Å². The molecule has 0 bridgehead atoms. The molecule has 1 aromatic carbocycles. The highest BCUT2D eigenvalue weighted by atomic mass is 32.2. The van der Waals surface area contributed by atoms with Gasteiger partial charge >= 0.3 is 5.97 Å². The fourth-order valence-electron chi connectivity index (χ4n) is 2.69. The van der Waals surface area contributed by atoms with Gasteiger partial charge in [0, 0.05) is 19.1 Å². The number of carbonyl (C=O) groups excluding carboxylic acids is 1. The maximum absolute atomic E-state index is 13.2. The molecule has 6 nitrogen and oxygen atoms in total. The van der Waals surface area contributed by atoms with Crippen molar-refractivity contribution in [1.29, 1.82) is 0 Å². The number of esters is 1. The van der Waals surface area contributed by atoms with Crippen molar-refractivity contribution in [2.24, 2.45) is 0 Å². The molecular formula is C16H18N2O4S2. The molecule has 128 valence electrons. The van der Waals surface area contributed by atoms with Crippen molar-refractivity contribution in [2.75, 3.05) is 18.0 Å². The number of para-hydroxylation sites is 1. The topological polar surface area (TPSA) is 75.7 Å². The highest BCUT2D eigenvalue weighted by Crippen LogP contribution is 2.32. The fraction of sp³-hybridized carbons (Fsp3) is 0.312. The van der Waals surface area contributed by atoms with Crippen LogP contribution in [0.15, 0.2) is 40.6 Å². The van der Waals surface area contributed by atoms with Crippen LogP contribution < -0.4 is 9.62 Å². The third kappa shape index (κ3) is 2.92. The van der Waals surface area contributed by atoms with Crippen LogP contribution in [0.2, 0.25) is 0 Å². The van der Waals surface area contributed by atoms with E-state index in [1.165, 1.54) is 17.5 Å². The molecule has 3 rings (SSSR count). The minimum Gasteiger partial charge on any atom is -0.465 e. The molecule has 1 aliphatic heterocycles. The third-order valence-electron chi connectivity index (χ3n) is 3.91. The van der Waals surface area contributed by atoms with Crippen molar-refractivity contribution in [2.45, 2.75) is 24.4 Å². The molecule has 0 aliphatic carbocycles. The summed E-state index contributed by atoms with van der Waals surface area (Å²) in [4.78, 5) is 12.0. The summed E-state index contributed by atoms with van der Waals surface area (Å²) in [7, 11) is -2.63. The average molecular weight is 366 g/mol. The van der Waals surface area contributed by atoms with E-state index in [0.717, 1.165) is 16.9 Å². The summed E-state index contributed by atoms with van der Waals surface area (Å²) >= 11 is 1.06. The quantitative estimate of drug-likeness (QED) is 0.843. The molecule has 1 atom stereocenters. The summed E-state index contributed by atoms with van der Waals surface area (Å²) in [5.41, 5.74) is 1.54. The molecule has 8 heteroatoms. The maximum atomic E-state index is 13.2. The van der Waals surface area contributed by atoms with Crippen LogP contribution in [0.3, 0.4) is 0 Å². The normalized spacial score (nSPS) is 17.9. The average Bonchev–Trinajstić information content (AvgIpc) is 3.01. The van der Waals surface area contributed by atoms with Gasteiger partial charge in [-0.05, 0) is 30.0 Å². The zero-order valence-electron chi connectivity index (χ0n) is 13.4. The fourth-order valence-corrected chi connectivity index (χ4v) is 5.59. The SMILES string of the molecule is COC(=O)c1sccc1S(=O)(=O)N1CC(C)NCc2ccccc21. The number of anilines is 1. The monoisotopic (exact) mass is 366 g/mol. The van der Waals surface area contributed by atoms with E-state index in [0.29, 0.717) is 12.2 Å². The van der Waals surface area contributed by atoms with Crippen LogP contribution in [-0.4, -0.2) is 34.1 Å². The Labute approximate surface area is 145 Å². The van der Waals surface area contributed by atoms with E-state index >= 15 is 0 Å². The van der Waals surface area contributed by atoms with Crippen LogP contribution in [0.4, 0.5) is 5.69 Å². The summed E-state index contributed by atoms with van der Waals surface area (Å²) in [6.07, 6.45) is 0. The van der Waals surface area contributed by atoms with Crippen LogP contribution in [0.25, 0.3) is 0 Å². The lowest BCUT2D eigenvalue weighted by atomic mass is 10.2. The lowest BCUT2D eigenvalue weighted by Gasteiger charge is -2.25. The van der Waals surface area contributed by atoms with Crippen molar-refractivity contribution in [1.82, 2.24) is 5.32 Å². The van der Waals surface area contributed by atoms with E-state index in [4.69, 9.17) is 4.74 Å². The molecule has 0 amide bonds. The van der Waals surface area contributed by atoms with Crippen molar-refractivity contribution in [3.63, 3.8) is 0 Å². The number of ether oxygens (including phenoxy) is 1. The van der Waals surface area contributed by atoms with Crippen molar-refractivity contribution in [3.8, 4) is 0 Å². The molecule has 0 saturated heterocycles. The lowest BCUT2D eigenvalue weighted by molar-refractivity contribution is 0.0602. The number of fused-ring (bicyclic) bond motifs is 1. The summed E-state index contributed by atoms with van der Waals surface area (Å²) in [6.45, 7) is 2.82. The molecule has 2 aromatic rings. The molecule has 1 unspecified atom stereocenters. The Morgan fingerprint density at radius 1 is 1.33 bits per heavy atom. The van der Waals surface area contributed by atoms with Gasteiger partial charge in [-0.25, -0.2) is 13.2 Å². The first kappa shape index (κ1) is 16.9. The Balaban J connectivity index is 2.13. The first-order valence-electron chi connectivity index (χ1n) is 7.45. The Morgan fingerprint density at radius 3 is 2.83 bits per heavy atom. The number of hydrogen-bond acceptors (Lipinski definition) is 6. The number of nitrogens with zero attached hydrogens (tertiary/aromatic N) is 1. The Hall–Kier alpha value is -1.90. The van der Waals surface area contributed by atoms with Crippen LogP contribution in [0.1, 0.15) is 22.2 Å². The molecule has 0 radical (unpaired) electrons. The van der Waals surface area contributed by atoms with Gasteiger partial charge in [-0.15, -0.1) is 11.3 Å². The molecule has 0 saturated carbocycles. The number of sulfonamides is 1. The van der Waals surface area contributed by atoms with Crippen LogP contribution in [0, 0.1) is 0 Å². The van der Waals surface area contributed by atoms with E-state index in [9.17, 15) is 13.2 Å². The number of methoxy groups -OCH3 is 1. The van der Waals surface area contributed by atoms with Gasteiger partial charge in [-0.2, -0.15) is 0 Å². The zero-order chi connectivity index (χ0) is 17.3. The number of nitrogens with one attached hydrogen (secondary N) is 1. The van der Waals surface area contributed by atoms with Gasteiger partial charge < -0.3 is 10.1 Å². The molecule has 2 heterocycles. The minimum atomic E-state index is -3.87. The number of thiophene rings is 1. The predicted octanol–water partition coefficient (Wildman–Crippen LogP) is 2.22. The highest BCUT2D eigenvalue weighted by Gasteiger charge is 2.33. The Bertz CT molecular complexity index is 860. The summed E-state index contributed by atoms with van der Waals surface area (Å²) in [5.74, 6) is -0.641. The smallest absolute Gasteiger partial charge is 0.349 e. The van der Waals surface area contributed by atoms with Crippen LogP contribution in [0.5, 0.6) is 0 Å². The molecule has 24 heavy (non-hydrogen) atoms. The van der Waals surface area contributed by atoms with Gasteiger partial charge in [0.05, 0.1) is 12.8 Å². The van der Waals surface area contributed by atoms with Gasteiger partial charge in [-0.3, -0.25) is 4.31 Å². The molecule has 1 aromatic heterocycles. The second kappa shape index (κ2) is 6.54. The Morgan fingerprint density at radius 2 is 2.08 bits per heavy atom. The second-order valence-electron chi connectivity index (χ2n) is 5.55. The minimum absolute atomic E-state index is 0.0109. The first-order valence-corrected chi connectivity index (χ1v) is 9.77. The molecular weight excluding hydrogens is 348 g/mol. The summed E-state index contributed by atoms with van der Waals surface area (Å²) < 4.78 is 32.6. The van der Waals surface area contributed by atoms with Crippen LogP contribution in [-0.2, 0) is 21.3 Å². The largest absolute Gasteiger partial charge is 0.465 e. The van der Waals surface area contributed by atoms with E-state index in [1.54, 1.807) is 11.4 Å². The molecule has 0 spiro atoms. The number of carbonyl (C=O) groups is 1. The Kier molecular flexibility index (Phi) is 4.62. The molecule has 0 fully saturated rings. The van der Waals surface area contributed by atoms with Crippen molar-refractivity contribution >= 4 is 33.0 Å². The molecule has 1 N–H and O–H groups in total. The summed E-state index contributed by atoms with van der Waals surface area (Å²) in [5, 5.41) is 4.89. The van der Waals surface area contributed by atoms with Crippen LogP contribution >= 0.6 is 11.3 Å². The maximum Gasteiger partial charge on any atom is 0.349 e. The third-order valence-corrected chi connectivity index (χ3v) is 6.75. The van der Waals surface area contributed by atoms with Gasteiger partial charge in [-0.1, -0.05) is 18.2 Å². The zero-order valence-corrected chi connectivity index (χ0v) is 15.0. The number of benzene rings is 1. The van der Waals surface area contributed by atoms with Crippen molar-refractivity contribution < 1.29 is 17.9 Å². The molecule has 1 aliphatic rings. The summed E-state index contributed by atoms with van der Waals surface area (Å²) in [6, 6.07) is 8.82. The number of rotatable bonds is 3. The standard InChI is InChI=1S/C16H18N2O4S2/c1-11-10-18(13-6-4-3-5-12(13)9-17-11)24(20,21)14-7-8-23-15(14)16(19)22-2/h3-8,11,17H,9-10H2,1-2H3. The second-order valence-corrected chi connectivity index (χ2v) is 8.30. The van der Waals surface area contributed by atoms with E-state index in [1.807, 2.05) is 25.1 Å².